The molecule has 29 heavy (non-hydrogen) atoms. The van der Waals surface area contributed by atoms with Crippen molar-refractivity contribution in [3.05, 3.63) is 41.2 Å². The lowest BCUT2D eigenvalue weighted by atomic mass is 10.0. The molecule has 0 aliphatic carbocycles. The van der Waals surface area contributed by atoms with Crippen LogP contribution in [0, 0.1) is 0 Å². The number of ether oxygens (including phenoxy) is 1. The highest BCUT2D eigenvalue weighted by atomic mass is 16.6. The van der Waals surface area contributed by atoms with Crippen molar-refractivity contribution < 1.29 is 14.3 Å². The number of aromatic nitrogens is 2. The molecule has 2 amide bonds. The number of hydrogen-bond donors (Lipinski definition) is 1. The average Bonchev–Trinajstić information content (AvgIpc) is 2.97. The maximum atomic E-state index is 12.9. The van der Waals surface area contributed by atoms with Gasteiger partial charge in [-0.3, -0.25) is 9.48 Å². The highest BCUT2D eigenvalue weighted by molar-refractivity contribution is 6.04. The van der Waals surface area contributed by atoms with Crippen molar-refractivity contribution in [2.45, 2.75) is 39.3 Å². The normalized spacial score (nSPS) is 13.7. The molecule has 1 aromatic carbocycles. The smallest absolute Gasteiger partial charge is 0.410 e. The third-order valence-electron chi connectivity index (χ3n) is 4.75. The van der Waals surface area contributed by atoms with E-state index in [2.05, 4.69) is 10.4 Å². The standard InChI is InChI=1S/C21H29N5O3/c1-21(2,3)29-20(28)26-12-11-17-16(13-26)18(23-25(17)6)19(27)22-14-7-9-15(10-8-14)24(4)5/h7-10H,11-13H2,1-6H3,(H,22,27). The van der Waals surface area contributed by atoms with Crippen molar-refractivity contribution in [2.75, 3.05) is 30.9 Å². The van der Waals surface area contributed by atoms with Gasteiger partial charge in [0.1, 0.15) is 5.60 Å². The number of nitrogens with one attached hydrogen (secondary N) is 1. The number of benzene rings is 1. The van der Waals surface area contributed by atoms with Crippen LogP contribution in [0.4, 0.5) is 16.2 Å². The van der Waals surface area contributed by atoms with Crippen molar-refractivity contribution in [3.63, 3.8) is 0 Å². The summed E-state index contributed by atoms with van der Waals surface area (Å²) in [5.74, 6) is -0.287. The fraction of sp³-hybridized carbons (Fsp3) is 0.476. The molecule has 1 N–H and O–H groups in total. The second-order valence-electron chi connectivity index (χ2n) is 8.44. The monoisotopic (exact) mass is 399 g/mol. The number of carbonyl (C=O) groups excluding carboxylic acids is 2. The molecule has 2 heterocycles. The maximum Gasteiger partial charge on any atom is 0.410 e. The highest BCUT2D eigenvalue weighted by Gasteiger charge is 2.31. The van der Waals surface area contributed by atoms with Gasteiger partial charge in [0.05, 0.1) is 6.54 Å². The van der Waals surface area contributed by atoms with Gasteiger partial charge < -0.3 is 19.9 Å². The van der Waals surface area contributed by atoms with E-state index in [1.807, 2.05) is 71.1 Å². The van der Waals surface area contributed by atoms with Crippen molar-refractivity contribution in [1.29, 1.82) is 0 Å². The van der Waals surface area contributed by atoms with E-state index in [0.717, 1.165) is 16.9 Å². The van der Waals surface area contributed by atoms with Gasteiger partial charge in [0.25, 0.3) is 5.91 Å². The summed E-state index contributed by atoms with van der Waals surface area (Å²) < 4.78 is 7.21. The number of anilines is 2. The number of hydrogen-bond acceptors (Lipinski definition) is 5. The lowest BCUT2D eigenvalue weighted by Crippen LogP contribution is -2.40. The highest BCUT2D eigenvalue weighted by Crippen LogP contribution is 2.25. The van der Waals surface area contributed by atoms with Crippen LogP contribution in [0.15, 0.2) is 24.3 Å². The van der Waals surface area contributed by atoms with Crippen LogP contribution in [0.5, 0.6) is 0 Å². The Morgan fingerprint density at radius 3 is 2.41 bits per heavy atom. The Hall–Kier alpha value is -3.03. The first kappa shape index (κ1) is 20.7. The van der Waals surface area contributed by atoms with Gasteiger partial charge in [0.2, 0.25) is 0 Å². The molecular weight excluding hydrogens is 370 g/mol. The molecular formula is C21H29N5O3. The molecule has 0 atom stereocenters. The predicted octanol–water partition coefficient (Wildman–Crippen LogP) is 3.03. The van der Waals surface area contributed by atoms with Crippen LogP contribution < -0.4 is 10.2 Å². The molecule has 3 rings (SSSR count). The first-order chi connectivity index (χ1) is 13.5. The topological polar surface area (TPSA) is 79.7 Å². The minimum absolute atomic E-state index is 0.287. The van der Waals surface area contributed by atoms with E-state index in [1.165, 1.54) is 0 Å². The van der Waals surface area contributed by atoms with Gasteiger partial charge in [-0.05, 0) is 45.0 Å². The Kier molecular flexibility index (Phi) is 5.55. The fourth-order valence-electron chi connectivity index (χ4n) is 3.29. The van der Waals surface area contributed by atoms with Crippen LogP contribution in [0.1, 0.15) is 42.5 Å². The molecule has 8 heteroatoms. The Bertz CT molecular complexity index is 910. The molecule has 1 aliphatic heterocycles. The largest absolute Gasteiger partial charge is 0.444 e. The SMILES string of the molecule is CN(C)c1ccc(NC(=O)c2nn(C)c3c2CN(C(=O)OC(C)(C)C)CC3)cc1. The van der Waals surface area contributed by atoms with E-state index >= 15 is 0 Å². The zero-order valence-electron chi connectivity index (χ0n) is 17.9. The van der Waals surface area contributed by atoms with Crippen LogP contribution in [0.2, 0.25) is 0 Å². The Morgan fingerprint density at radius 2 is 1.83 bits per heavy atom. The van der Waals surface area contributed by atoms with E-state index in [4.69, 9.17) is 4.74 Å². The number of amides is 2. The predicted molar refractivity (Wildman–Crippen MR) is 112 cm³/mol. The van der Waals surface area contributed by atoms with Gasteiger partial charge in [-0.2, -0.15) is 5.10 Å². The van der Waals surface area contributed by atoms with E-state index < -0.39 is 5.60 Å². The molecule has 156 valence electrons. The molecule has 0 saturated heterocycles. The number of rotatable bonds is 3. The second kappa shape index (κ2) is 7.77. The van der Waals surface area contributed by atoms with Crippen LogP contribution in [0.3, 0.4) is 0 Å². The minimum Gasteiger partial charge on any atom is -0.444 e. The number of fused-ring (bicyclic) bond motifs is 1. The summed E-state index contributed by atoms with van der Waals surface area (Å²) >= 11 is 0. The van der Waals surface area contributed by atoms with Gasteiger partial charge in [-0.1, -0.05) is 0 Å². The van der Waals surface area contributed by atoms with E-state index in [9.17, 15) is 9.59 Å². The number of aryl methyl sites for hydroxylation is 1. The molecule has 0 fully saturated rings. The zero-order chi connectivity index (χ0) is 21.3. The molecule has 8 nitrogen and oxygen atoms in total. The minimum atomic E-state index is -0.564. The van der Waals surface area contributed by atoms with Crippen LogP contribution in [-0.4, -0.2) is 52.9 Å². The van der Waals surface area contributed by atoms with Gasteiger partial charge in [-0.25, -0.2) is 4.79 Å². The Morgan fingerprint density at radius 1 is 1.17 bits per heavy atom. The summed E-state index contributed by atoms with van der Waals surface area (Å²) in [5, 5.41) is 7.32. The molecule has 0 radical (unpaired) electrons. The first-order valence-electron chi connectivity index (χ1n) is 9.66. The maximum absolute atomic E-state index is 12.9. The first-order valence-corrected chi connectivity index (χ1v) is 9.66. The lowest BCUT2D eigenvalue weighted by molar-refractivity contribution is 0.0222. The second-order valence-corrected chi connectivity index (χ2v) is 8.44. The van der Waals surface area contributed by atoms with Gasteiger partial charge in [0.15, 0.2) is 5.69 Å². The summed E-state index contributed by atoms with van der Waals surface area (Å²) in [7, 11) is 5.75. The van der Waals surface area contributed by atoms with Crippen LogP contribution >= 0.6 is 0 Å². The summed E-state index contributed by atoms with van der Waals surface area (Å²) in [6, 6.07) is 7.59. The van der Waals surface area contributed by atoms with Crippen molar-refractivity contribution in [2.24, 2.45) is 7.05 Å². The average molecular weight is 399 g/mol. The van der Waals surface area contributed by atoms with E-state index in [-0.39, 0.29) is 12.0 Å². The molecule has 1 aliphatic rings. The number of nitrogens with zero attached hydrogens (tertiary/aromatic N) is 4. The lowest BCUT2D eigenvalue weighted by Gasteiger charge is -2.30. The van der Waals surface area contributed by atoms with E-state index in [0.29, 0.717) is 30.9 Å². The molecule has 2 aromatic rings. The van der Waals surface area contributed by atoms with Crippen molar-refractivity contribution in [3.8, 4) is 0 Å². The summed E-state index contributed by atoms with van der Waals surface area (Å²) in [4.78, 5) is 29.0. The molecule has 0 bridgehead atoms. The zero-order valence-corrected chi connectivity index (χ0v) is 17.9. The quantitative estimate of drug-likeness (QED) is 0.858. The molecule has 0 saturated carbocycles. The van der Waals surface area contributed by atoms with Crippen molar-refractivity contribution >= 4 is 23.4 Å². The van der Waals surface area contributed by atoms with E-state index in [1.54, 1.807) is 9.58 Å². The van der Waals surface area contributed by atoms with Gasteiger partial charge in [0, 0.05) is 56.7 Å². The van der Waals surface area contributed by atoms with Gasteiger partial charge in [-0.15, -0.1) is 0 Å². The van der Waals surface area contributed by atoms with Crippen LogP contribution in [0.25, 0.3) is 0 Å². The summed E-state index contributed by atoms with van der Waals surface area (Å²) in [6.45, 7) is 6.36. The Labute approximate surface area is 171 Å². The molecule has 0 spiro atoms. The Balaban J connectivity index is 1.78. The third-order valence-corrected chi connectivity index (χ3v) is 4.75. The van der Waals surface area contributed by atoms with Gasteiger partial charge >= 0.3 is 6.09 Å². The fourth-order valence-corrected chi connectivity index (χ4v) is 3.29. The van der Waals surface area contributed by atoms with Crippen LogP contribution in [-0.2, 0) is 24.8 Å². The third kappa shape index (κ3) is 4.70. The van der Waals surface area contributed by atoms with Crippen molar-refractivity contribution in [1.82, 2.24) is 14.7 Å². The molecule has 0 unspecified atom stereocenters. The summed E-state index contributed by atoms with van der Waals surface area (Å²) in [5.41, 5.74) is 3.26. The summed E-state index contributed by atoms with van der Waals surface area (Å²) in [6.07, 6.45) is 0.251. The molecule has 1 aromatic heterocycles. The number of carbonyl (C=O) groups is 2.